The third-order valence-corrected chi connectivity index (χ3v) is 6.97. The van der Waals surface area contributed by atoms with E-state index in [1.54, 1.807) is 55.6 Å². The Labute approximate surface area is 194 Å². The van der Waals surface area contributed by atoms with E-state index in [2.05, 4.69) is 5.10 Å². The molecular weight excluding hydrogens is 477 g/mol. The van der Waals surface area contributed by atoms with Crippen LogP contribution in [0.2, 0.25) is 0 Å². The average Bonchev–Trinajstić information content (AvgIpc) is 3.22. The summed E-state index contributed by atoms with van der Waals surface area (Å²) in [6, 6.07) is 14.1. The molecule has 0 saturated heterocycles. The Morgan fingerprint density at radius 3 is 2.36 bits per heavy atom. The fraction of sp³-hybridized carbons (Fsp3) is 0.318. The highest BCUT2D eigenvalue weighted by molar-refractivity contribution is 7.98. The molecule has 1 N–H and O–H groups in total. The lowest BCUT2D eigenvalue weighted by molar-refractivity contribution is -0.142. The third-order valence-electron chi connectivity index (χ3n) is 4.86. The van der Waals surface area contributed by atoms with Crippen molar-refractivity contribution < 1.29 is 31.4 Å². The standard InChI is InChI=1S/C22H23F3N2O4S2/c1-3-33(29,30)18-6-4-5-17(11-18)15-7-9-16(10-8-15)19-12-20(22(23,24)25)26-27(19)13-21(28)31-14-32-2/h4-12,21,28H,3,13-14H2,1-2H3. The number of ether oxygens (including phenoxy) is 1. The van der Waals surface area contributed by atoms with Crippen LogP contribution in [0.5, 0.6) is 0 Å². The zero-order valence-corrected chi connectivity index (χ0v) is 19.5. The molecule has 3 aromatic rings. The molecule has 0 bridgehead atoms. The van der Waals surface area contributed by atoms with Crippen molar-refractivity contribution in [3.8, 4) is 22.4 Å². The number of alkyl halides is 3. The van der Waals surface area contributed by atoms with Gasteiger partial charge < -0.3 is 9.84 Å². The van der Waals surface area contributed by atoms with Crippen molar-refractivity contribution in [2.24, 2.45) is 0 Å². The fourth-order valence-corrected chi connectivity index (χ4v) is 4.36. The van der Waals surface area contributed by atoms with Crippen LogP contribution in [0, 0.1) is 0 Å². The Hall–Kier alpha value is -2.34. The maximum atomic E-state index is 13.3. The molecule has 6 nitrogen and oxygen atoms in total. The fourth-order valence-electron chi connectivity index (χ4n) is 3.14. The molecule has 0 saturated carbocycles. The highest BCUT2D eigenvalue weighted by Crippen LogP contribution is 2.33. The summed E-state index contributed by atoms with van der Waals surface area (Å²) in [4.78, 5) is 0.207. The van der Waals surface area contributed by atoms with Gasteiger partial charge >= 0.3 is 6.18 Å². The average molecular weight is 501 g/mol. The van der Waals surface area contributed by atoms with E-state index in [1.807, 2.05) is 0 Å². The molecule has 1 aromatic heterocycles. The van der Waals surface area contributed by atoms with Gasteiger partial charge in [0.1, 0.15) is 0 Å². The quantitative estimate of drug-likeness (QED) is 0.430. The first-order valence-corrected chi connectivity index (χ1v) is 13.0. The second-order valence-electron chi connectivity index (χ2n) is 7.13. The molecule has 1 unspecified atom stereocenters. The predicted octanol–water partition coefficient (Wildman–Crippen LogP) is 4.69. The Morgan fingerprint density at radius 2 is 1.76 bits per heavy atom. The summed E-state index contributed by atoms with van der Waals surface area (Å²) in [7, 11) is -3.37. The summed E-state index contributed by atoms with van der Waals surface area (Å²) in [5.41, 5.74) is 0.925. The Bertz CT molecular complexity index is 1190. The summed E-state index contributed by atoms with van der Waals surface area (Å²) in [5.74, 6) is 0.166. The van der Waals surface area contributed by atoms with Crippen molar-refractivity contribution in [2.75, 3.05) is 17.9 Å². The van der Waals surface area contributed by atoms with Gasteiger partial charge in [-0.3, -0.25) is 4.68 Å². The Kier molecular flexibility index (Phi) is 7.88. The molecule has 0 aliphatic rings. The van der Waals surface area contributed by atoms with E-state index in [-0.39, 0.29) is 28.8 Å². The normalized spacial score (nSPS) is 13.3. The zero-order chi connectivity index (χ0) is 24.2. The molecule has 0 fully saturated rings. The molecular formula is C22H23F3N2O4S2. The van der Waals surface area contributed by atoms with Gasteiger partial charge in [0.2, 0.25) is 0 Å². The molecule has 1 heterocycles. The van der Waals surface area contributed by atoms with E-state index in [0.717, 1.165) is 10.7 Å². The number of benzene rings is 2. The van der Waals surface area contributed by atoms with Gasteiger partial charge in [-0.15, -0.1) is 11.8 Å². The van der Waals surface area contributed by atoms with Crippen molar-refractivity contribution in [3.05, 3.63) is 60.3 Å². The van der Waals surface area contributed by atoms with Crippen LogP contribution in [0.25, 0.3) is 22.4 Å². The molecule has 1 atom stereocenters. The molecule has 0 aliphatic heterocycles. The molecule has 0 aliphatic carbocycles. The van der Waals surface area contributed by atoms with Gasteiger partial charge in [-0.05, 0) is 41.1 Å². The molecule has 33 heavy (non-hydrogen) atoms. The summed E-state index contributed by atoms with van der Waals surface area (Å²) >= 11 is 1.32. The lowest BCUT2D eigenvalue weighted by Gasteiger charge is -2.14. The SMILES string of the molecule is CCS(=O)(=O)c1cccc(-c2ccc(-c3cc(C(F)(F)F)nn3CC(O)OCSC)cc2)c1. The van der Waals surface area contributed by atoms with Crippen LogP contribution in [0.1, 0.15) is 12.6 Å². The summed E-state index contributed by atoms with van der Waals surface area (Å²) in [6.07, 6.45) is -4.20. The first-order valence-electron chi connectivity index (χ1n) is 9.92. The largest absolute Gasteiger partial charge is 0.435 e. The molecule has 178 valence electrons. The number of halogens is 3. The van der Waals surface area contributed by atoms with Gasteiger partial charge in [-0.2, -0.15) is 18.3 Å². The lowest BCUT2D eigenvalue weighted by Crippen LogP contribution is -2.21. The number of hydrogen-bond acceptors (Lipinski definition) is 6. The van der Waals surface area contributed by atoms with Gasteiger partial charge in [0, 0.05) is 0 Å². The minimum Gasteiger partial charge on any atom is -0.366 e. The summed E-state index contributed by atoms with van der Waals surface area (Å²) < 4.78 is 70.3. The van der Waals surface area contributed by atoms with E-state index in [4.69, 9.17) is 4.74 Å². The van der Waals surface area contributed by atoms with Gasteiger partial charge in [0.25, 0.3) is 0 Å². The van der Waals surface area contributed by atoms with E-state index in [0.29, 0.717) is 16.7 Å². The smallest absolute Gasteiger partial charge is 0.366 e. The van der Waals surface area contributed by atoms with Crippen LogP contribution >= 0.6 is 11.8 Å². The second-order valence-corrected chi connectivity index (χ2v) is 10.2. The number of aliphatic hydroxyl groups is 1. The van der Waals surface area contributed by atoms with E-state index >= 15 is 0 Å². The van der Waals surface area contributed by atoms with Gasteiger partial charge in [-0.25, -0.2) is 8.42 Å². The van der Waals surface area contributed by atoms with Crippen molar-refractivity contribution in [2.45, 2.75) is 30.8 Å². The predicted molar refractivity (Wildman–Crippen MR) is 121 cm³/mol. The van der Waals surface area contributed by atoms with Crippen molar-refractivity contribution in [1.29, 1.82) is 0 Å². The maximum absolute atomic E-state index is 13.3. The lowest BCUT2D eigenvalue weighted by atomic mass is 10.0. The van der Waals surface area contributed by atoms with Crippen LogP contribution in [-0.2, 0) is 27.3 Å². The number of aromatic nitrogens is 2. The number of hydrogen-bond donors (Lipinski definition) is 1. The minimum atomic E-state index is -4.64. The highest BCUT2D eigenvalue weighted by atomic mass is 32.2. The van der Waals surface area contributed by atoms with E-state index < -0.39 is 28.0 Å². The van der Waals surface area contributed by atoms with Crippen molar-refractivity contribution in [3.63, 3.8) is 0 Å². The number of aliphatic hydroxyl groups excluding tert-OH is 1. The zero-order valence-electron chi connectivity index (χ0n) is 17.9. The highest BCUT2D eigenvalue weighted by Gasteiger charge is 2.35. The Morgan fingerprint density at radius 1 is 1.09 bits per heavy atom. The van der Waals surface area contributed by atoms with Crippen molar-refractivity contribution in [1.82, 2.24) is 9.78 Å². The second kappa shape index (κ2) is 10.3. The number of nitrogens with zero attached hydrogens (tertiary/aromatic N) is 2. The van der Waals surface area contributed by atoms with Crippen LogP contribution in [0.3, 0.4) is 0 Å². The molecule has 0 radical (unpaired) electrons. The number of sulfone groups is 1. The monoisotopic (exact) mass is 500 g/mol. The molecule has 3 rings (SSSR count). The first kappa shape index (κ1) is 25.3. The summed E-state index contributed by atoms with van der Waals surface area (Å²) in [5, 5.41) is 13.6. The third kappa shape index (κ3) is 6.17. The first-order chi connectivity index (χ1) is 15.5. The van der Waals surface area contributed by atoms with Gasteiger partial charge in [0.15, 0.2) is 21.8 Å². The van der Waals surface area contributed by atoms with Crippen LogP contribution in [0.15, 0.2) is 59.5 Å². The van der Waals surface area contributed by atoms with Crippen LogP contribution in [0.4, 0.5) is 13.2 Å². The number of thioether (sulfide) groups is 1. The van der Waals surface area contributed by atoms with Crippen molar-refractivity contribution >= 4 is 21.6 Å². The van der Waals surface area contributed by atoms with Gasteiger partial charge in [0.05, 0.1) is 28.8 Å². The Balaban J connectivity index is 1.94. The van der Waals surface area contributed by atoms with E-state index in [9.17, 15) is 26.7 Å². The molecule has 11 heteroatoms. The van der Waals surface area contributed by atoms with Crippen LogP contribution in [-0.4, -0.2) is 47.5 Å². The molecule has 0 amide bonds. The van der Waals surface area contributed by atoms with Crippen LogP contribution < -0.4 is 0 Å². The maximum Gasteiger partial charge on any atom is 0.435 e. The summed E-state index contributed by atoms with van der Waals surface area (Å²) in [6.45, 7) is 1.29. The van der Waals surface area contributed by atoms with E-state index in [1.165, 1.54) is 17.8 Å². The molecule has 0 spiro atoms. The topological polar surface area (TPSA) is 81.4 Å². The number of rotatable bonds is 9. The minimum absolute atomic E-state index is 0.0204. The van der Waals surface area contributed by atoms with Gasteiger partial charge in [-0.1, -0.05) is 43.3 Å². The molecule has 2 aromatic carbocycles.